The van der Waals surface area contributed by atoms with E-state index < -0.39 is 0 Å². The molecule has 39 heavy (non-hydrogen) atoms. The van der Waals surface area contributed by atoms with E-state index >= 15 is 0 Å². The van der Waals surface area contributed by atoms with Crippen LogP contribution in [-0.4, -0.2) is 55.8 Å². The minimum atomic E-state index is -0.196. The maximum atomic E-state index is 13.5. The van der Waals surface area contributed by atoms with Gasteiger partial charge in [0, 0.05) is 72.9 Å². The van der Waals surface area contributed by atoms with Crippen LogP contribution in [0.3, 0.4) is 0 Å². The molecule has 0 radical (unpaired) electrons. The number of fused-ring (bicyclic) bond motifs is 1. The summed E-state index contributed by atoms with van der Waals surface area (Å²) in [6, 6.07) is 11.0. The normalized spacial score (nSPS) is 13.7. The largest absolute Gasteiger partial charge is 0.368 e. The number of aromatic nitrogens is 6. The Kier molecular flexibility index (Phi) is 6.67. The summed E-state index contributed by atoms with van der Waals surface area (Å²) < 4.78 is 6.68. The molecule has 0 aliphatic carbocycles. The van der Waals surface area contributed by atoms with Gasteiger partial charge >= 0.3 is 0 Å². The Bertz CT molecular complexity index is 1710. The number of anilines is 3. The Balaban J connectivity index is 1.30. The maximum Gasteiger partial charge on any atom is 0.260 e. The fourth-order valence-corrected chi connectivity index (χ4v) is 4.96. The fraction of sp³-hybridized carbons (Fsp3) is 0.259. The molecule has 11 nitrogen and oxygen atoms in total. The Morgan fingerprint density at radius 3 is 2.59 bits per heavy atom. The van der Waals surface area contributed by atoms with Crippen LogP contribution in [0.2, 0.25) is 5.02 Å². The van der Waals surface area contributed by atoms with E-state index in [0.29, 0.717) is 62.8 Å². The smallest absolute Gasteiger partial charge is 0.260 e. The molecular weight excluding hydrogens is 518 g/mol. The van der Waals surface area contributed by atoms with E-state index in [1.165, 1.54) is 0 Å². The van der Waals surface area contributed by atoms with Crippen molar-refractivity contribution in [3.05, 3.63) is 70.1 Å². The molecule has 5 heterocycles. The van der Waals surface area contributed by atoms with Crippen LogP contribution in [-0.2, 0) is 6.54 Å². The van der Waals surface area contributed by atoms with E-state index in [1.54, 1.807) is 35.9 Å². The molecule has 0 spiro atoms. The minimum absolute atomic E-state index is 0.196. The van der Waals surface area contributed by atoms with Crippen molar-refractivity contribution in [3.8, 4) is 22.5 Å². The van der Waals surface area contributed by atoms with Gasteiger partial charge in [-0.3, -0.25) is 9.36 Å². The quantitative estimate of drug-likeness (QED) is 0.324. The number of halogens is 1. The number of hydrogen-bond acceptors (Lipinski definition) is 10. The zero-order chi connectivity index (χ0) is 26.9. The minimum Gasteiger partial charge on any atom is -0.368 e. The van der Waals surface area contributed by atoms with Gasteiger partial charge in [-0.2, -0.15) is 9.97 Å². The highest BCUT2D eigenvalue weighted by Gasteiger charge is 2.17. The summed E-state index contributed by atoms with van der Waals surface area (Å²) in [5, 5.41) is 11.6. The van der Waals surface area contributed by atoms with Gasteiger partial charge < -0.3 is 20.1 Å². The molecule has 0 saturated carbocycles. The molecule has 12 heteroatoms. The highest BCUT2D eigenvalue weighted by Crippen LogP contribution is 2.31. The van der Waals surface area contributed by atoms with Crippen LogP contribution in [0.5, 0.6) is 0 Å². The Morgan fingerprint density at radius 2 is 1.90 bits per heavy atom. The molecule has 0 unspecified atom stereocenters. The summed E-state index contributed by atoms with van der Waals surface area (Å²) in [7, 11) is 0. The fourth-order valence-electron chi connectivity index (χ4n) is 4.68. The average molecular weight is 544 g/mol. The maximum absolute atomic E-state index is 13.5. The van der Waals surface area contributed by atoms with Crippen molar-refractivity contribution in [1.82, 2.24) is 35.0 Å². The molecule has 198 valence electrons. The van der Waals surface area contributed by atoms with Crippen molar-refractivity contribution in [1.29, 1.82) is 0 Å². The van der Waals surface area contributed by atoms with Gasteiger partial charge in [0.25, 0.3) is 5.56 Å². The Hall–Kier alpha value is -4.35. The molecule has 4 aromatic heterocycles. The average Bonchev–Trinajstić information content (AvgIpc) is 3.40. The predicted molar refractivity (Wildman–Crippen MR) is 151 cm³/mol. The molecule has 0 bridgehead atoms. The molecule has 0 amide bonds. The molecule has 1 aromatic carbocycles. The zero-order valence-electron chi connectivity index (χ0n) is 21.5. The topological polar surface area (TPSA) is 127 Å². The van der Waals surface area contributed by atoms with E-state index in [-0.39, 0.29) is 5.56 Å². The van der Waals surface area contributed by atoms with E-state index in [2.05, 4.69) is 40.6 Å². The summed E-state index contributed by atoms with van der Waals surface area (Å²) in [6.07, 6.45) is 3.54. The Morgan fingerprint density at radius 1 is 1.05 bits per heavy atom. The summed E-state index contributed by atoms with van der Waals surface area (Å²) in [5.74, 6) is 1.88. The molecule has 6 rings (SSSR count). The summed E-state index contributed by atoms with van der Waals surface area (Å²) >= 11 is 6.63. The van der Waals surface area contributed by atoms with Crippen LogP contribution >= 0.6 is 11.6 Å². The molecule has 1 fully saturated rings. The third-order valence-electron chi connectivity index (χ3n) is 6.66. The number of nitrogens with zero attached hydrogens (tertiary/aromatic N) is 7. The molecule has 1 aliphatic heterocycles. The van der Waals surface area contributed by atoms with E-state index in [9.17, 15) is 4.79 Å². The van der Waals surface area contributed by atoms with Crippen molar-refractivity contribution in [3.63, 3.8) is 0 Å². The van der Waals surface area contributed by atoms with Crippen molar-refractivity contribution in [2.45, 2.75) is 20.4 Å². The number of benzene rings is 1. The van der Waals surface area contributed by atoms with Crippen molar-refractivity contribution < 1.29 is 4.52 Å². The standard InChI is InChI=1S/C27H26ClN9O2/c1-3-37-25-18(12-21(26(37)38)20-6-4-17(13-22(20)28)24-32-16(2)39-35-24)14-31-27(34-25)33-23-7-5-19(15-30-23)36-10-8-29-9-11-36/h4-7,12-15,29H,3,8-11H2,1-2H3,(H,30,31,33,34). The number of piperazine rings is 1. The Labute approximate surface area is 228 Å². The monoisotopic (exact) mass is 543 g/mol. The van der Waals surface area contributed by atoms with Crippen LogP contribution in [0.15, 0.2) is 58.1 Å². The van der Waals surface area contributed by atoms with Gasteiger partial charge in [-0.15, -0.1) is 0 Å². The van der Waals surface area contributed by atoms with Gasteiger partial charge in [0.1, 0.15) is 11.5 Å². The second kappa shape index (κ2) is 10.4. The van der Waals surface area contributed by atoms with Gasteiger partial charge in [0.05, 0.1) is 11.9 Å². The number of aryl methyl sites for hydroxylation is 2. The predicted octanol–water partition coefficient (Wildman–Crippen LogP) is 4.04. The first-order valence-corrected chi connectivity index (χ1v) is 13.1. The molecule has 5 aromatic rings. The molecular formula is C27H26ClN9O2. The lowest BCUT2D eigenvalue weighted by atomic mass is 10.0. The van der Waals surface area contributed by atoms with E-state index in [1.807, 2.05) is 31.3 Å². The van der Waals surface area contributed by atoms with Crippen molar-refractivity contribution in [2.24, 2.45) is 0 Å². The second-order valence-corrected chi connectivity index (χ2v) is 9.58. The van der Waals surface area contributed by atoms with Crippen LogP contribution in [0.1, 0.15) is 12.8 Å². The van der Waals surface area contributed by atoms with Gasteiger partial charge in [-0.05, 0) is 31.2 Å². The SMILES string of the molecule is CCn1c(=O)c(-c2ccc(-c3noc(C)n3)cc2Cl)cc2cnc(Nc3ccc(N4CCNCC4)cn3)nc21. The summed E-state index contributed by atoms with van der Waals surface area (Å²) in [5.41, 5.74) is 3.17. The zero-order valence-corrected chi connectivity index (χ0v) is 22.2. The molecule has 1 aliphatic rings. The van der Waals surface area contributed by atoms with Gasteiger partial charge in [-0.1, -0.05) is 28.9 Å². The third-order valence-corrected chi connectivity index (χ3v) is 6.97. The first-order valence-electron chi connectivity index (χ1n) is 12.7. The molecule has 0 atom stereocenters. The number of hydrogen-bond donors (Lipinski definition) is 2. The van der Waals surface area contributed by atoms with Crippen LogP contribution in [0.25, 0.3) is 33.5 Å². The van der Waals surface area contributed by atoms with Crippen molar-refractivity contribution >= 4 is 40.1 Å². The van der Waals surface area contributed by atoms with Crippen LogP contribution in [0, 0.1) is 6.92 Å². The molecule has 2 N–H and O–H groups in total. The van der Waals surface area contributed by atoms with Gasteiger partial charge in [-0.25, -0.2) is 9.97 Å². The summed E-state index contributed by atoms with van der Waals surface area (Å²) in [6.45, 7) is 7.87. The lowest BCUT2D eigenvalue weighted by molar-refractivity contribution is 0.394. The highest BCUT2D eigenvalue weighted by atomic mass is 35.5. The van der Waals surface area contributed by atoms with Crippen molar-refractivity contribution in [2.75, 3.05) is 36.4 Å². The third kappa shape index (κ3) is 4.93. The number of rotatable bonds is 6. The first-order chi connectivity index (χ1) is 19.0. The number of pyridine rings is 2. The summed E-state index contributed by atoms with van der Waals surface area (Å²) in [4.78, 5) is 33.7. The lowest BCUT2D eigenvalue weighted by Crippen LogP contribution is -2.43. The highest BCUT2D eigenvalue weighted by molar-refractivity contribution is 6.33. The van der Waals surface area contributed by atoms with Crippen LogP contribution < -0.4 is 21.1 Å². The molecule has 1 saturated heterocycles. The number of nitrogens with one attached hydrogen (secondary N) is 2. The second-order valence-electron chi connectivity index (χ2n) is 9.18. The first kappa shape index (κ1) is 25.0. The van der Waals surface area contributed by atoms with Gasteiger partial charge in [0.2, 0.25) is 17.7 Å². The lowest BCUT2D eigenvalue weighted by Gasteiger charge is -2.29. The van der Waals surface area contributed by atoms with Gasteiger partial charge in [0.15, 0.2) is 0 Å². The van der Waals surface area contributed by atoms with E-state index in [0.717, 1.165) is 31.9 Å². The van der Waals surface area contributed by atoms with E-state index in [4.69, 9.17) is 16.1 Å². The van der Waals surface area contributed by atoms with Crippen LogP contribution in [0.4, 0.5) is 17.5 Å².